The van der Waals surface area contributed by atoms with Gasteiger partial charge in [-0.15, -0.1) is 0 Å². The van der Waals surface area contributed by atoms with Crippen LogP contribution in [0.4, 0.5) is 0 Å². The lowest BCUT2D eigenvalue weighted by molar-refractivity contribution is 0.409. The van der Waals surface area contributed by atoms with E-state index in [-0.39, 0.29) is 6.04 Å². The van der Waals surface area contributed by atoms with E-state index in [1.54, 1.807) is 0 Å². The minimum Gasteiger partial charge on any atom is -0.544 e. The van der Waals surface area contributed by atoms with E-state index in [4.69, 9.17) is 9.42 Å². The molecule has 122 valence electrons. The molecule has 0 spiro atoms. The molecule has 1 heterocycles. The molecule has 0 radical (unpaired) electrons. The van der Waals surface area contributed by atoms with Gasteiger partial charge in [-0.1, -0.05) is 18.2 Å². The molecule has 1 aliphatic rings. The Kier molecular flexibility index (Phi) is 5.32. The molecule has 2 rings (SSSR count). The largest absolute Gasteiger partial charge is 0.544 e. The van der Waals surface area contributed by atoms with E-state index >= 15 is 0 Å². The Morgan fingerprint density at radius 2 is 2.00 bits per heavy atom. The summed E-state index contributed by atoms with van der Waals surface area (Å²) in [6.07, 6.45) is 2.55. The van der Waals surface area contributed by atoms with Gasteiger partial charge in [0, 0.05) is 18.2 Å². The van der Waals surface area contributed by atoms with Crippen LogP contribution in [0.25, 0.3) is 0 Å². The minimum absolute atomic E-state index is 0.125. The number of hydrogen-bond acceptors (Lipinski definition) is 2. The van der Waals surface area contributed by atoms with Crippen LogP contribution in [0.5, 0.6) is 5.75 Å². The van der Waals surface area contributed by atoms with Gasteiger partial charge in [0.05, 0.1) is 11.9 Å². The van der Waals surface area contributed by atoms with Crippen LogP contribution in [0.1, 0.15) is 45.2 Å². The molecule has 2 atom stereocenters. The first kappa shape index (κ1) is 17.1. The number of likely N-dealkylation sites (tertiary alicyclic amines) is 1. The second-order valence-corrected chi connectivity index (χ2v) is 11.7. The zero-order chi connectivity index (χ0) is 16.3. The van der Waals surface area contributed by atoms with Crippen LogP contribution < -0.4 is 4.43 Å². The fourth-order valence-corrected chi connectivity index (χ4v) is 3.93. The molecule has 0 aliphatic carbocycles. The molecule has 2 unspecified atom stereocenters. The summed E-state index contributed by atoms with van der Waals surface area (Å²) in [6, 6.07) is 9.08. The summed E-state index contributed by atoms with van der Waals surface area (Å²) in [4.78, 5) is 7.38. The van der Waals surface area contributed by atoms with Gasteiger partial charge in [0.2, 0.25) is 8.32 Å². The van der Waals surface area contributed by atoms with Crippen LogP contribution in [0, 0.1) is 0 Å². The highest BCUT2D eigenvalue weighted by Crippen LogP contribution is 2.30. The smallest absolute Gasteiger partial charge is 0.242 e. The van der Waals surface area contributed by atoms with Crippen LogP contribution >= 0.6 is 0 Å². The van der Waals surface area contributed by atoms with E-state index in [0.29, 0.717) is 6.04 Å². The number of nitrogens with zero attached hydrogens (tertiary/aromatic N) is 2. The van der Waals surface area contributed by atoms with Crippen LogP contribution in [0.2, 0.25) is 19.6 Å². The summed E-state index contributed by atoms with van der Waals surface area (Å²) in [6.45, 7) is 14.4. The average Bonchev–Trinajstić information content (AvgIpc) is 2.83. The van der Waals surface area contributed by atoms with Crippen molar-refractivity contribution in [2.24, 2.45) is 4.99 Å². The molecule has 0 bridgehead atoms. The standard InChI is InChI=1S/C18H30N2OSi/c1-14-10-9-13-20(14)16(3)19-15(2)17-11-7-8-12-18(17)21-22(4,5)6/h7-8,11-12,14-15H,9-10,13H2,1-6H3. The molecule has 1 aromatic carbocycles. The van der Waals surface area contributed by atoms with Crippen molar-refractivity contribution in [3.63, 3.8) is 0 Å². The first-order chi connectivity index (χ1) is 10.3. The third kappa shape index (κ3) is 4.35. The number of aliphatic imine (C=N–C) groups is 1. The highest BCUT2D eigenvalue weighted by Gasteiger charge is 2.23. The fourth-order valence-electron chi connectivity index (χ4n) is 3.09. The molecule has 0 amide bonds. The van der Waals surface area contributed by atoms with Crippen molar-refractivity contribution >= 4 is 14.2 Å². The number of hydrogen-bond donors (Lipinski definition) is 0. The fraction of sp³-hybridized carbons (Fsp3) is 0.611. The van der Waals surface area contributed by atoms with Crippen LogP contribution in [0.3, 0.4) is 0 Å². The van der Waals surface area contributed by atoms with Crippen molar-refractivity contribution in [3.8, 4) is 5.75 Å². The van der Waals surface area contributed by atoms with Gasteiger partial charge in [0.1, 0.15) is 5.75 Å². The molecule has 4 heteroatoms. The summed E-state index contributed by atoms with van der Waals surface area (Å²) in [7, 11) is -1.61. The lowest BCUT2D eigenvalue weighted by atomic mass is 10.1. The highest BCUT2D eigenvalue weighted by molar-refractivity contribution is 6.70. The Balaban J connectivity index is 2.20. The van der Waals surface area contributed by atoms with E-state index in [0.717, 1.165) is 18.1 Å². The topological polar surface area (TPSA) is 24.8 Å². The Morgan fingerprint density at radius 1 is 1.32 bits per heavy atom. The molecule has 3 nitrogen and oxygen atoms in total. The summed E-state index contributed by atoms with van der Waals surface area (Å²) in [5.74, 6) is 2.15. The summed E-state index contributed by atoms with van der Waals surface area (Å²) in [5, 5.41) is 0. The normalized spacial score (nSPS) is 21.1. The molecular formula is C18H30N2OSi. The maximum Gasteiger partial charge on any atom is 0.242 e. The molecule has 1 fully saturated rings. The second-order valence-electron chi connectivity index (χ2n) is 7.29. The number of amidine groups is 1. The monoisotopic (exact) mass is 318 g/mol. The van der Waals surface area contributed by atoms with Gasteiger partial charge in [-0.05, 0) is 59.3 Å². The number of benzene rings is 1. The molecule has 0 N–H and O–H groups in total. The van der Waals surface area contributed by atoms with E-state index in [1.165, 1.54) is 18.4 Å². The lowest BCUT2D eigenvalue weighted by Gasteiger charge is -2.26. The Morgan fingerprint density at radius 3 is 2.59 bits per heavy atom. The van der Waals surface area contributed by atoms with Gasteiger partial charge in [-0.2, -0.15) is 0 Å². The quantitative estimate of drug-likeness (QED) is 0.450. The van der Waals surface area contributed by atoms with Crippen molar-refractivity contribution in [2.45, 2.75) is 65.3 Å². The van der Waals surface area contributed by atoms with Crippen LogP contribution in [-0.2, 0) is 0 Å². The van der Waals surface area contributed by atoms with Gasteiger partial charge in [-0.3, -0.25) is 4.99 Å². The van der Waals surface area contributed by atoms with E-state index < -0.39 is 8.32 Å². The molecule has 1 saturated heterocycles. The van der Waals surface area contributed by atoms with Gasteiger partial charge < -0.3 is 9.33 Å². The summed E-state index contributed by atoms with van der Waals surface area (Å²) in [5.41, 5.74) is 1.19. The maximum absolute atomic E-state index is 6.24. The highest BCUT2D eigenvalue weighted by atomic mass is 28.4. The van der Waals surface area contributed by atoms with Crippen molar-refractivity contribution in [2.75, 3.05) is 6.54 Å². The second kappa shape index (κ2) is 6.86. The first-order valence-corrected chi connectivity index (χ1v) is 11.8. The number of rotatable bonds is 4. The minimum atomic E-state index is -1.61. The predicted octanol–water partition coefficient (Wildman–Crippen LogP) is 4.86. The van der Waals surface area contributed by atoms with E-state index in [2.05, 4.69) is 63.5 Å². The van der Waals surface area contributed by atoms with Crippen molar-refractivity contribution in [1.29, 1.82) is 0 Å². The third-order valence-electron chi connectivity index (χ3n) is 4.13. The summed E-state index contributed by atoms with van der Waals surface area (Å²) >= 11 is 0. The average molecular weight is 319 g/mol. The van der Waals surface area contributed by atoms with Gasteiger partial charge in [0.25, 0.3) is 0 Å². The summed E-state index contributed by atoms with van der Waals surface area (Å²) < 4.78 is 6.24. The molecule has 0 aromatic heterocycles. The lowest BCUT2D eigenvalue weighted by Crippen LogP contribution is -2.32. The Labute approximate surface area is 136 Å². The van der Waals surface area contributed by atoms with Crippen molar-refractivity contribution in [1.82, 2.24) is 4.90 Å². The predicted molar refractivity (Wildman–Crippen MR) is 97.3 cm³/mol. The van der Waals surface area contributed by atoms with Crippen molar-refractivity contribution < 1.29 is 4.43 Å². The molecule has 22 heavy (non-hydrogen) atoms. The molecule has 0 saturated carbocycles. The van der Waals surface area contributed by atoms with Gasteiger partial charge >= 0.3 is 0 Å². The van der Waals surface area contributed by atoms with Gasteiger partial charge in [0.15, 0.2) is 0 Å². The van der Waals surface area contributed by atoms with Crippen molar-refractivity contribution in [3.05, 3.63) is 29.8 Å². The molecule has 1 aromatic rings. The van der Waals surface area contributed by atoms with Crippen LogP contribution in [-0.4, -0.2) is 31.6 Å². The van der Waals surface area contributed by atoms with Crippen LogP contribution in [0.15, 0.2) is 29.3 Å². The molecule has 1 aliphatic heterocycles. The first-order valence-electron chi connectivity index (χ1n) is 8.37. The van der Waals surface area contributed by atoms with E-state index in [9.17, 15) is 0 Å². The Hall–Kier alpha value is -1.29. The SMILES string of the molecule is CC(=NC(C)c1ccccc1O[Si](C)(C)C)N1CCCC1C. The molecular weight excluding hydrogens is 288 g/mol. The Bertz CT molecular complexity index is 536. The van der Waals surface area contributed by atoms with Gasteiger partial charge in [-0.25, -0.2) is 0 Å². The third-order valence-corrected chi connectivity index (χ3v) is 4.97. The zero-order valence-electron chi connectivity index (χ0n) is 14.9. The van der Waals surface area contributed by atoms with E-state index in [1.807, 2.05) is 6.07 Å². The number of para-hydroxylation sites is 1. The zero-order valence-corrected chi connectivity index (χ0v) is 15.9. The maximum atomic E-state index is 6.24.